The van der Waals surface area contributed by atoms with Crippen LogP contribution in [0.3, 0.4) is 0 Å². The summed E-state index contributed by atoms with van der Waals surface area (Å²) in [6.45, 7) is 8.50. The molecule has 1 aromatic heterocycles. The third kappa shape index (κ3) is 4.11. The molecule has 2 rings (SSSR count). The average molecular weight is 280 g/mol. The number of carbonyl (C=O) groups is 1. The van der Waals surface area contributed by atoms with E-state index in [1.165, 1.54) is 17.7 Å². The van der Waals surface area contributed by atoms with Gasteiger partial charge in [0.05, 0.1) is 12.1 Å². The molecule has 106 valence electrons. The van der Waals surface area contributed by atoms with Crippen LogP contribution >= 0.6 is 11.3 Å². The monoisotopic (exact) mass is 280 g/mol. The van der Waals surface area contributed by atoms with Crippen molar-refractivity contribution in [2.45, 2.75) is 46.5 Å². The number of nitrogens with one attached hydrogen (secondary N) is 1. The number of carbonyl (C=O) groups excluding carboxylic acids is 1. The summed E-state index contributed by atoms with van der Waals surface area (Å²) in [5.41, 5.74) is 1.07. The molecule has 0 saturated carbocycles. The second-order valence-electron chi connectivity index (χ2n) is 5.75. The fraction of sp³-hybridized carbons (Fsp3) is 0.733. The van der Waals surface area contributed by atoms with Gasteiger partial charge in [-0.15, -0.1) is 11.3 Å². The summed E-state index contributed by atoms with van der Waals surface area (Å²) in [6.07, 6.45) is 3.72. The number of piperidine rings is 1. The molecule has 3 nitrogen and oxygen atoms in total. The van der Waals surface area contributed by atoms with E-state index in [2.05, 4.69) is 24.1 Å². The summed E-state index contributed by atoms with van der Waals surface area (Å²) < 4.78 is 0. The number of ketones is 1. The first-order valence-electron chi connectivity index (χ1n) is 7.21. The van der Waals surface area contributed by atoms with Gasteiger partial charge in [0.15, 0.2) is 0 Å². The summed E-state index contributed by atoms with van der Waals surface area (Å²) in [5, 5.41) is 4.41. The van der Waals surface area contributed by atoms with E-state index in [1.807, 2.05) is 6.92 Å². The summed E-state index contributed by atoms with van der Waals surface area (Å²) in [6, 6.07) is 0. The van der Waals surface area contributed by atoms with Crippen molar-refractivity contribution in [2.75, 3.05) is 13.1 Å². The van der Waals surface area contributed by atoms with Crippen LogP contribution in [-0.2, 0) is 11.2 Å². The van der Waals surface area contributed by atoms with Gasteiger partial charge in [-0.1, -0.05) is 6.92 Å². The van der Waals surface area contributed by atoms with Gasteiger partial charge in [-0.2, -0.15) is 0 Å². The molecule has 1 fully saturated rings. The molecule has 19 heavy (non-hydrogen) atoms. The van der Waals surface area contributed by atoms with E-state index in [0.29, 0.717) is 30.5 Å². The van der Waals surface area contributed by atoms with E-state index in [-0.39, 0.29) is 0 Å². The van der Waals surface area contributed by atoms with Crippen LogP contribution in [0.4, 0.5) is 0 Å². The molecule has 0 bridgehead atoms. The largest absolute Gasteiger partial charge is 0.316 e. The molecule has 0 radical (unpaired) electrons. The van der Waals surface area contributed by atoms with E-state index in [0.717, 1.165) is 23.8 Å². The lowest BCUT2D eigenvalue weighted by atomic mass is 9.84. The first-order valence-corrected chi connectivity index (χ1v) is 8.03. The van der Waals surface area contributed by atoms with Crippen LogP contribution in [0.5, 0.6) is 0 Å². The maximum Gasteiger partial charge on any atom is 0.139 e. The topological polar surface area (TPSA) is 42.0 Å². The van der Waals surface area contributed by atoms with Crippen molar-refractivity contribution in [3.8, 4) is 0 Å². The summed E-state index contributed by atoms with van der Waals surface area (Å²) in [5.74, 6) is 1.49. The number of Topliss-reactive ketones (excluding diaryl/α,β-unsaturated/α-hetero) is 1. The molecule has 1 saturated heterocycles. The van der Waals surface area contributed by atoms with Crippen molar-refractivity contribution in [1.82, 2.24) is 10.3 Å². The van der Waals surface area contributed by atoms with Crippen LogP contribution in [0.2, 0.25) is 0 Å². The van der Waals surface area contributed by atoms with E-state index in [1.54, 1.807) is 11.3 Å². The molecule has 0 aromatic carbocycles. The minimum atomic E-state index is 0.340. The van der Waals surface area contributed by atoms with Crippen LogP contribution in [-0.4, -0.2) is 23.9 Å². The molecule has 1 aromatic rings. The zero-order chi connectivity index (χ0) is 13.8. The van der Waals surface area contributed by atoms with Crippen molar-refractivity contribution in [3.63, 3.8) is 0 Å². The molecule has 0 amide bonds. The zero-order valence-electron chi connectivity index (χ0n) is 12.2. The highest BCUT2D eigenvalue weighted by Gasteiger charge is 2.22. The van der Waals surface area contributed by atoms with Crippen molar-refractivity contribution in [2.24, 2.45) is 11.8 Å². The highest BCUT2D eigenvalue weighted by atomic mass is 32.1. The highest BCUT2D eigenvalue weighted by Crippen LogP contribution is 2.24. The van der Waals surface area contributed by atoms with Gasteiger partial charge >= 0.3 is 0 Å². The summed E-state index contributed by atoms with van der Waals surface area (Å²) >= 11 is 1.66. The fourth-order valence-electron chi connectivity index (χ4n) is 2.75. The Morgan fingerprint density at radius 3 is 2.89 bits per heavy atom. The first kappa shape index (κ1) is 14.7. The van der Waals surface area contributed by atoms with Crippen molar-refractivity contribution in [3.05, 3.63) is 15.6 Å². The molecule has 1 aliphatic rings. The van der Waals surface area contributed by atoms with Gasteiger partial charge in [0.2, 0.25) is 0 Å². The van der Waals surface area contributed by atoms with E-state index in [4.69, 9.17) is 0 Å². The Kier molecular flexibility index (Phi) is 5.11. The Balaban J connectivity index is 1.83. The Labute approximate surface area is 119 Å². The maximum atomic E-state index is 12.1. The quantitative estimate of drug-likeness (QED) is 0.901. The predicted octanol–water partition coefficient (Wildman–Crippen LogP) is 2.90. The Morgan fingerprint density at radius 2 is 2.32 bits per heavy atom. The van der Waals surface area contributed by atoms with Gasteiger partial charge in [0.25, 0.3) is 0 Å². The van der Waals surface area contributed by atoms with Crippen molar-refractivity contribution < 1.29 is 4.79 Å². The molecule has 0 spiro atoms. The number of nitrogens with zero attached hydrogens (tertiary/aromatic N) is 1. The fourth-order valence-corrected chi connectivity index (χ4v) is 3.71. The predicted molar refractivity (Wildman–Crippen MR) is 79.7 cm³/mol. The SMILES string of the molecule is Cc1nc(CC(=O)CC(C)C2CCCNC2)sc1C. The number of aromatic nitrogens is 1. The molecular formula is C15H24N2OS. The number of thiazole rings is 1. The number of aryl methyl sites for hydroxylation is 2. The molecule has 0 aliphatic carbocycles. The minimum Gasteiger partial charge on any atom is -0.316 e. The van der Waals surface area contributed by atoms with E-state index < -0.39 is 0 Å². The summed E-state index contributed by atoms with van der Waals surface area (Å²) in [7, 11) is 0. The maximum absolute atomic E-state index is 12.1. The lowest BCUT2D eigenvalue weighted by Gasteiger charge is -2.27. The van der Waals surface area contributed by atoms with Gasteiger partial charge in [0.1, 0.15) is 10.8 Å². The average Bonchev–Trinajstić information content (AvgIpc) is 2.69. The van der Waals surface area contributed by atoms with Crippen LogP contribution in [0.1, 0.15) is 41.8 Å². The van der Waals surface area contributed by atoms with Crippen LogP contribution in [0.25, 0.3) is 0 Å². The normalized spacial score (nSPS) is 21.3. The van der Waals surface area contributed by atoms with Crippen LogP contribution in [0, 0.1) is 25.7 Å². The Bertz CT molecular complexity index is 416. The second-order valence-corrected chi connectivity index (χ2v) is 7.04. The molecular weight excluding hydrogens is 256 g/mol. The third-order valence-corrected chi connectivity index (χ3v) is 5.18. The second kappa shape index (κ2) is 6.62. The van der Waals surface area contributed by atoms with Crippen molar-refractivity contribution in [1.29, 1.82) is 0 Å². The smallest absolute Gasteiger partial charge is 0.139 e. The van der Waals surface area contributed by atoms with Gasteiger partial charge in [-0.3, -0.25) is 4.79 Å². The summed E-state index contributed by atoms with van der Waals surface area (Å²) in [4.78, 5) is 17.8. The number of hydrogen-bond acceptors (Lipinski definition) is 4. The Hall–Kier alpha value is -0.740. The zero-order valence-corrected chi connectivity index (χ0v) is 13.0. The molecule has 1 aliphatic heterocycles. The lowest BCUT2D eigenvalue weighted by molar-refractivity contribution is -0.119. The van der Waals surface area contributed by atoms with E-state index >= 15 is 0 Å². The third-order valence-electron chi connectivity index (χ3n) is 4.11. The van der Waals surface area contributed by atoms with Gasteiger partial charge in [-0.25, -0.2) is 4.98 Å². The number of rotatable bonds is 5. The van der Waals surface area contributed by atoms with Gasteiger partial charge in [-0.05, 0) is 51.6 Å². The van der Waals surface area contributed by atoms with Gasteiger partial charge < -0.3 is 5.32 Å². The van der Waals surface area contributed by atoms with E-state index in [9.17, 15) is 4.79 Å². The molecule has 2 heterocycles. The lowest BCUT2D eigenvalue weighted by Crippen LogP contribution is -2.34. The minimum absolute atomic E-state index is 0.340. The van der Waals surface area contributed by atoms with Gasteiger partial charge in [0, 0.05) is 11.3 Å². The molecule has 4 heteroatoms. The first-order chi connectivity index (χ1) is 9.06. The van der Waals surface area contributed by atoms with Crippen molar-refractivity contribution >= 4 is 17.1 Å². The number of hydrogen-bond donors (Lipinski definition) is 1. The standard InChI is InChI=1S/C15H24N2OS/c1-10(13-5-4-6-16-9-13)7-14(18)8-15-17-11(2)12(3)19-15/h10,13,16H,4-9H2,1-3H3. The molecule has 2 atom stereocenters. The Morgan fingerprint density at radius 1 is 1.53 bits per heavy atom. The van der Waals surface area contributed by atoms with Crippen LogP contribution < -0.4 is 5.32 Å². The molecule has 2 unspecified atom stereocenters. The molecule has 1 N–H and O–H groups in total. The highest BCUT2D eigenvalue weighted by molar-refractivity contribution is 7.11. The van der Waals surface area contributed by atoms with Crippen LogP contribution in [0.15, 0.2) is 0 Å².